The van der Waals surface area contributed by atoms with Crippen LogP contribution >= 0.6 is 22.7 Å². The molecule has 12 heteroatoms. The molecule has 262 valence electrons. The highest BCUT2D eigenvalue weighted by Gasteiger charge is 2.41. The zero-order chi connectivity index (χ0) is 35.0. The number of thiophene rings is 1. The number of ether oxygens (including phenoxy) is 1. The number of likely N-dealkylation sites (tertiary alicyclic amines) is 2. The molecule has 0 unspecified atom stereocenters. The topological polar surface area (TPSA) is 106 Å². The minimum Gasteiger partial charge on any atom is -0.497 e. The Balaban J connectivity index is 0.928. The van der Waals surface area contributed by atoms with Crippen LogP contribution in [0.5, 0.6) is 5.75 Å². The molecule has 8 rings (SSSR count). The average molecular weight is 721 g/mol. The first-order valence-corrected chi connectivity index (χ1v) is 19.1. The number of hydrogen-bond donors (Lipinski definition) is 1. The molecule has 10 nitrogen and oxygen atoms in total. The van der Waals surface area contributed by atoms with E-state index in [1.807, 2.05) is 52.2 Å². The fourth-order valence-electron chi connectivity index (χ4n) is 7.59. The summed E-state index contributed by atoms with van der Waals surface area (Å²) >= 11 is 3.42. The molecule has 0 aliphatic carbocycles. The number of nitrogens with zero attached hydrogens (tertiary/aromatic N) is 6. The van der Waals surface area contributed by atoms with Gasteiger partial charge in [-0.2, -0.15) is 11.3 Å². The fraction of sp³-hybridized carbons (Fsp3) is 0.333. The lowest BCUT2D eigenvalue weighted by Crippen LogP contribution is -2.53. The van der Waals surface area contributed by atoms with E-state index in [0.29, 0.717) is 37.0 Å². The van der Waals surface area contributed by atoms with Crippen molar-refractivity contribution in [2.24, 2.45) is 5.92 Å². The van der Waals surface area contributed by atoms with Crippen LogP contribution in [0.2, 0.25) is 0 Å². The van der Waals surface area contributed by atoms with Crippen LogP contribution in [0.15, 0.2) is 101 Å². The van der Waals surface area contributed by atoms with E-state index in [0.717, 1.165) is 42.5 Å². The maximum Gasteiger partial charge on any atom is 0.262 e. The number of benzene rings is 2. The first kappa shape index (κ1) is 33.5. The summed E-state index contributed by atoms with van der Waals surface area (Å²) in [5.41, 5.74) is 2.46. The zero-order valence-corrected chi connectivity index (χ0v) is 30.1. The normalized spacial score (nSPS) is 19.4. The lowest BCUT2D eigenvalue weighted by atomic mass is 9.79. The van der Waals surface area contributed by atoms with E-state index < -0.39 is 5.60 Å². The summed E-state index contributed by atoms with van der Waals surface area (Å²) < 4.78 is 8.64. The molecule has 0 saturated carbocycles. The molecule has 2 fully saturated rings. The van der Waals surface area contributed by atoms with Crippen molar-refractivity contribution in [2.45, 2.75) is 43.9 Å². The summed E-state index contributed by atoms with van der Waals surface area (Å²) in [6, 6.07) is 21.8. The van der Waals surface area contributed by atoms with Crippen LogP contribution < -0.4 is 10.3 Å². The van der Waals surface area contributed by atoms with Crippen molar-refractivity contribution in [3.63, 3.8) is 0 Å². The van der Waals surface area contributed by atoms with E-state index in [2.05, 4.69) is 56.0 Å². The third kappa shape index (κ3) is 6.88. The number of thiazole rings is 1. The quantitative estimate of drug-likeness (QED) is 0.194. The van der Waals surface area contributed by atoms with Crippen LogP contribution in [0.25, 0.3) is 27.3 Å². The molecule has 2 aliphatic rings. The molecule has 6 heterocycles. The predicted molar refractivity (Wildman–Crippen MR) is 201 cm³/mol. The molecular formula is C39H40N6O4S2. The zero-order valence-electron chi connectivity index (χ0n) is 28.4. The van der Waals surface area contributed by atoms with Crippen molar-refractivity contribution in [2.75, 3.05) is 33.3 Å². The van der Waals surface area contributed by atoms with E-state index in [4.69, 9.17) is 4.74 Å². The highest BCUT2D eigenvalue weighted by atomic mass is 32.1. The van der Waals surface area contributed by atoms with E-state index in [-0.39, 0.29) is 29.8 Å². The second kappa shape index (κ2) is 14.2. The molecule has 4 aromatic heterocycles. The Hall–Kier alpha value is -4.62. The number of aliphatic hydroxyl groups is 1. The SMILES string of the molecule is COc1ccc(-n2ccc3c(=O)n(CC4(O)CCN(C(=O)[C@@H]5CCN(Cc6cnc(-c7ccsc7)s6)C[C@H]5c5ccccc5)CC4)cnc32)cc1. The van der Waals surface area contributed by atoms with Crippen molar-refractivity contribution in [3.05, 3.63) is 117 Å². The molecule has 2 aliphatic heterocycles. The third-order valence-electron chi connectivity index (χ3n) is 10.4. The number of piperidine rings is 2. The Kier molecular flexibility index (Phi) is 9.32. The Morgan fingerprint density at radius 3 is 2.57 bits per heavy atom. The number of carbonyl (C=O) groups is 1. The van der Waals surface area contributed by atoms with Gasteiger partial charge in [-0.1, -0.05) is 30.3 Å². The summed E-state index contributed by atoms with van der Waals surface area (Å²) in [7, 11) is 1.62. The molecular weight excluding hydrogens is 681 g/mol. The predicted octanol–water partition coefficient (Wildman–Crippen LogP) is 6.04. The molecule has 2 saturated heterocycles. The molecule has 1 N–H and O–H groups in total. The number of hydrogen-bond acceptors (Lipinski definition) is 9. The molecule has 2 atom stereocenters. The highest BCUT2D eigenvalue weighted by Crippen LogP contribution is 2.37. The van der Waals surface area contributed by atoms with Gasteiger partial charge in [0.2, 0.25) is 5.91 Å². The van der Waals surface area contributed by atoms with E-state index in [9.17, 15) is 14.7 Å². The van der Waals surface area contributed by atoms with Crippen molar-refractivity contribution in [1.29, 1.82) is 0 Å². The minimum atomic E-state index is -1.12. The molecule has 2 aromatic carbocycles. The van der Waals surface area contributed by atoms with Gasteiger partial charge in [-0.3, -0.25) is 19.1 Å². The van der Waals surface area contributed by atoms with Crippen molar-refractivity contribution < 1.29 is 14.6 Å². The minimum absolute atomic E-state index is 0.0686. The van der Waals surface area contributed by atoms with Gasteiger partial charge in [0, 0.05) is 71.9 Å². The number of carbonyl (C=O) groups excluding carboxylic acids is 1. The summed E-state index contributed by atoms with van der Waals surface area (Å²) in [6.07, 6.45) is 6.90. The Morgan fingerprint density at radius 1 is 1.02 bits per heavy atom. The molecule has 1 amide bonds. The summed E-state index contributed by atoms with van der Waals surface area (Å²) in [5.74, 6) is 0.836. The molecule has 0 spiro atoms. The summed E-state index contributed by atoms with van der Waals surface area (Å²) in [4.78, 5) is 42.6. The Labute approximate surface area is 304 Å². The average Bonchev–Trinajstić information content (AvgIpc) is 3.96. The maximum absolute atomic E-state index is 14.2. The first-order valence-electron chi connectivity index (χ1n) is 17.3. The standard InChI is InChI=1S/C39H40N6O4S2/c1-49-30-9-7-29(8-10-30)45-17-12-33-35(45)41-26-44(38(33)47)25-39(48)14-18-43(19-15-39)37(46)32-11-16-42(23-34(32)27-5-3-2-4-6-27)22-31-21-40-36(51-31)28-13-20-50-24-28/h2-10,12-13,17,20-21,24,26,32,34,48H,11,14-16,18-19,22-23,25H2,1H3/t32-,34+/m1/s1. The van der Waals surface area contributed by atoms with Gasteiger partial charge in [-0.15, -0.1) is 11.3 Å². The summed E-state index contributed by atoms with van der Waals surface area (Å²) in [6.45, 7) is 3.46. The maximum atomic E-state index is 14.2. The lowest BCUT2D eigenvalue weighted by Gasteiger charge is -2.43. The van der Waals surface area contributed by atoms with E-state index in [1.54, 1.807) is 35.8 Å². The van der Waals surface area contributed by atoms with E-state index >= 15 is 0 Å². The number of rotatable bonds is 9. The van der Waals surface area contributed by atoms with Gasteiger partial charge in [-0.25, -0.2) is 9.97 Å². The van der Waals surface area contributed by atoms with Gasteiger partial charge in [0.25, 0.3) is 5.56 Å². The number of fused-ring (bicyclic) bond motifs is 1. The van der Waals surface area contributed by atoms with Crippen molar-refractivity contribution in [1.82, 2.24) is 28.9 Å². The van der Waals surface area contributed by atoms with Crippen LogP contribution in [0.1, 0.15) is 35.6 Å². The Morgan fingerprint density at radius 2 is 1.82 bits per heavy atom. The largest absolute Gasteiger partial charge is 0.497 e. The molecule has 0 radical (unpaired) electrons. The molecule has 51 heavy (non-hydrogen) atoms. The van der Waals surface area contributed by atoms with Gasteiger partial charge in [0.05, 0.1) is 24.6 Å². The van der Waals surface area contributed by atoms with Gasteiger partial charge in [0.1, 0.15) is 17.1 Å². The van der Waals surface area contributed by atoms with Crippen LogP contribution in [0.3, 0.4) is 0 Å². The smallest absolute Gasteiger partial charge is 0.262 e. The molecule has 6 aromatic rings. The molecule has 0 bridgehead atoms. The third-order valence-corrected chi connectivity index (χ3v) is 12.1. The van der Waals surface area contributed by atoms with Crippen LogP contribution in [0, 0.1) is 5.92 Å². The first-order chi connectivity index (χ1) is 24.9. The van der Waals surface area contributed by atoms with Gasteiger partial charge in [-0.05, 0) is 73.1 Å². The number of aromatic nitrogens is 4. The summed E-state index contributed by atoms with van der Waals surface area (Å²) in [5, 5.41) is 17.4. The second-order valence-corrected chi connectivity index (χ2v) is 15.5. The van der Waals surface area contributed by atoms with Crippen molar-refractivity contribution >= 4 is 39.6 Å². The Bertz CT molecular complexity index is 2170. The van der Waals surface area contributed by atoms with Crippen LogP contribution in [-0.2, 0) is 17.9 Å². The van der Waals surface area contributed by atoms with E-state index in [1.165, 1.54) is 26.9 Å². The number of amides is 1. The fourth-order valence-corrected chi connectivity index (χ4v) is 9.25. The number of methoxy groups -OCH3 is 1. The lowest BCUT2D eigenvalue weighted by molar-refractivity contribution is -0.142. The highest BCUT2D eigenvalue weighted by molar-refractivity contribution is 7.15. The second-order valence-electron chi connectivity index (χ2n) is 13.6. The van der Waals surface area contributed by atoms with Gasteiger partial charge in [0.15, 0.2) is 5.65 Å². The van der Waals surface area contributed by atoms with Gasteiger partial charge >= 0.3 is 0 Å². The van der Waals surface area contributed by atoms with Crippen LogP contribution in [-0.4, -0.2) is 78.8 Å². The monoisotopic (exact) mass is 720 g/mol. The van der Waals surface area contributed by atoms with Crippen molar-refractivity contribution in [3.8, 4) is 22.0 Å². The van der Waals surface area contributed by atoms with Gasteiger partial charge < -0.3 is 19.3 Å². The van der Waals surface area contributed by atoms with Crippen LogP contribution in [0.4, 0.5) is 0 Å².